The third-order valence-corrected chi connectivity index (χ3v) is 4.79. The van der Waals surface area contributed by atoms with Gasteiger partial charge in [-0.3, -0.25) is 9.59 Å². The molecule has 0 saturated heterocycles. The van der Waals surface area contributed by atoms with Crippen LogP contribution >= 0.6 is 0 Å². The molecule has 0 saturated carbocycles. The Labute approximate surface area is 169 Å². The van der Waals surface area contributed by atoms with Crippen molar-refractivity contribution in [1.29, 1.82) is 0 Å². The van der Waals surface area contributed by atoms with Crippen LogP contribution in [0.3, 0.4) is 0 Å². The van der Waals surface area contributed by atoms with Gasteiger partial charge in [-0.25, -0.2) is 4.68 Å². The molecule has 0 aliphatic carbocycles. The van der Waals surface area contributed by atoms with Crippen LogP contribution in [-0.4, -0.2) is 44.8 Å². The maximum atomic E-state index is 12.1. The molecule has 1 aromatic carbocycles. The maximum absolute atomic E-state index is 12.1. The number of carbonyl (C=O) groups is 2. The summed E-state index contributed by atoms with van der Waals surface area (Å²) < 4.78 is 1.78. The van der Waals surface area contributed by atoms with E-state index in [1.807, 2.05) is 32.9 Å². The number of aryl methyl sites for hydroxylation is 1. The molecule has 0 radical (unpaired) electrons. The number of hydrogen-bond donors (Lipinski definition) is 2. The Bertz CT molecular complexity index is 1020. The van der Waals surface area contributed by atoms with Gasteiger partial charge in [0.15, 0.2) is 11.6 Å². The molecule has 0 spiro atoms. The molecular formula is C21H24N6O2. The predicted octanol–water partition coefficient (Wildman–Crippen LogP) is 2.63. The average molecular weight is 392 g/mol. The number of anilines is 1. The van der Waals surface area contributed by atoms with E-state index in [1.54, 1.807) is 28.9 Å². The van der Waals surface area contributed by atoms with Crippen LogP contribution in [-0.2, 0) is 0 Å². The molecule has 0 unspecified atom stereocenters. The van der Waals surface area contributed by atoms with Gasteiger partial charge in [-0.1, -0.05) is 12.1 Å². The molecule has 8 heteroatoms. The summed E-state index contributed by atoms with van der Waals surface area (Å²) in [5.74, 6) is 1.06. The van der Waals surface area contributed by atoms with Gasteiger partial charge in [0, 0.05) is 29.9 Å². The first kappa shape index (κ1) is 20.2. The second-order valence-corrected chi connectivity index (χ2v) is 6.80. The highest BCUT2D eigenvalue weighted by molar-refractivity contribution is 5.97. The van der Waals surface area contributed by atoms with E-state index in [-0.39, 0.29) is 11.7 Å². The minimum atomic E-state index is -0.191. The van der Waals surface area contributed by atoms with Gasteiger partial charge in [-0.2, -0.15) is 5.10 Å². The van der Waals surface area contributed by atoms with E-state index in [0.29, 0.717) is 35.9 Å². The number of Topliss-reactive ketones (excluding diaryl/α,β-unsaturated/α-hetero) is 1. The molecule has 0 fully saturated rings. The average Bonchev–Trinajstić information content (AvgIpc) is 2.99. The van der Waals surface area contributed by atoms with E-state index in [4.69, 9.17) is 0 Å². The van der Waals surface area contributed by atoms with Gasteiger partial charge < -0.3 is 10.6 Å². The standard InChI is InChI=1S/C21H24N6O2/c1-13-14(2)26-27(15(13)3)20-10-9-19(24-25-20)22-11-12-23-21(29)18-7-5-17(6-8-18)16(4)28/h5-10H,11-12H2,1-4H3,(H,22,24)(H,23,29). The van der Waals surface area contributed by atoms with Crippen LogP contribution in [0.25, 0.3) is 5.82 Å². The van der Waals surface area contributed by atoms with Gasteiger partial charge in [0.2, 0.25) is 0 Å². The molecule has 150 valence electrons. The number of carbonyl (C=O) groups excluding carboxylic acids is 2. The highest BCUT2D eigenvalue weighted by Gasteiger charge is 2.10. The van der Waals surface area contributed by atoms with E-state index in [1.165, 1.54) is 6.92 Å². The van der Waals surface area contributed by atoms with Gasteiger partial charge in [0.1, 0.15) is 5.82 Å². The molecule has 0 aliphatic rings. The zero-order valence-electron chi connectivity index (χ0n) is 17.0. The quantitative estimate of drug-likeness (QED) is 0.473. The van der Waals surface area contributed by atoms with Crippen molar-refractivity contribution in [2.75, 3.05) is 18.4 Å². The zero-order valence-corrected chi connectivity index (χ0v) is 17.0. The molecule has 2 heterocycles. The van der Waals surface area contributed by atoms with E-state index in [2.05, 4.69) is 25.9 Å². The van der Waals surface area contributed by atoms with Crippen molar-refractivity contribution in [2.45, 2.75) is 27.7 Å². The van der Waals surface area contributed by atoms with Gasteiger partial charge in [-0.05, 0) is 57.5 Å². The first-order chi connectivity index (χ1) is 13.9. The van der Waals surface area contributed by atoms with Crippen LogP contribution in [0.4, 0.5) is 5.82 Å². The number of benzene rings is 1. The third-order valence-electron chi connectivity index (χ3n) is 4.79. The van der Waals surface area contributed by atoms with E-state index >= 15 is 0 Å². The topological polar surface area (TPSA) is 102 Å². The Balaban J connectivity index is 1.50. The smallest absolute Gasteiger partial charge is 0.251 e. The number of nitrogens with zero attached hydrogens (tertiary/aromatic N) is 4. The summed E-state index contributed by atoms with van der Waals surface area (Å²) in [6.45, 7) is 8.42. The number of aromatic nitrogens is 4. The van der Waals surface area contributed by atoms with Gasteiger partial charge >= 0.3 is 0 Å². The van der Waals surface area contributed by atoms with E-state index in [9.17, 15) is 9.59 Å². The zero-order chi connectivity index (χ0) is 21.0. The lowest BCUT2D eigenvalue weighted by Crippen LogP contribution is -2.29. The molecule has 3 rings (SSSR count). The van der Waals surface area contributed by atoms with Gasteiger partial charge in [0.05, 0.1) is 5.69 Å². The van der Waals surface area contributed by atoms with Crippen molar-refractivity contribution in [3.8, 4) is 5.82 Å². The van der Waals surface area contributed by atoms with Gasteiger partial charge in [0.25, 0.3) is 5.91 Å². The molecule has 29 heavy (non-hydrogen) atoms. The fourth-order valence-electron chi connectivity index (χ4n) is 2.80. The number of nitrogens with one attached hydrogen (secondary N) is 2. The minimum absolute atomic E-state index is 0.0266. The van der Waals surface area contributed by atoms with Crippen molar-refractivity contribution >= 4 is 17.5 Å². The number of hydrogen-bond acceptors (Lipinski definition) is 6. The predicted molar refractivity (Wildman–Crippen MR) is 111 cm³/mol. The summed E-state index contributed by atoms with van der Waals surface area (Å²) in [7, 11) is 0. The van der Waals surface area contributed by atoms with Crippen molar-refractivity contribution in [2.24, 2.45) is 0 Å². The Morgan fingerprint density at radius 2 is 1.62 bits per heavy atom. The highest BCUT2D eigenvalue weighted by Crippen LogP contribution is 2.15. The van der Waals surface area contributed by atoms with Crippen molar-refractivity contribution in [3.63, 3.8) is 0 Å². The Morgan fingerprint density at radius 3 is 2.17 bits per heavy atom. The number of amides is 1. The van der Waals surface area contributed by atoms with Crippen LogP contribution in [0.1, 0.15) is 44.6 Å². The second-order valence-electron chi connectivity index (χ2n) is 6.80. The lowest BCUT2D eigenvalue weighted by atomic mass is 10.1. The third kappa shape index (κ3) is 4.66. The molecule has 8 nitrogen and oxygen atoms in total. The van der Waals surface area contributed by atoms with Crippen LogP contribution in [0, 0.1) is 20.8 Å². The first-order valence-electron chi connectivity index (χ1n) is 9.37. The minimum Gasteiger partial charge on any atom is -0.367 e. The molecule has 2 N–H and O–H groups in total. The van der Waals surface area contributed by atoms with E-state index < -0.39 is 0 Å². The van der Waals surface area contributed by atoms with Crippen molar-refractivity contribution in [3.05, 3.63) is 64.5 Å². The lowest BCUT2D eigenvalue weighted by molar-refractivity contribution is 0.0953. The Kier molecular flexibility index (Phi) is 6.01. The normalized spacial score (nSPS) is 10.6. The highest BCUT2D eigenvalue weighted by atomic mass is 16.1. The molecule has 0 atom stereocenters. The molecular weight excluding hydrogens is 368 g/mol. The Morgan fingerprint density at radius 1 is 0.931 bits per heavy atom. The molecule has 0 bridgehead atoms. The van der Waals surface area contributed by atoms with Crippen molar-refractivity contribution in [1.82, 2.24) is 25.3 Å². The fraction of sp³-hybridized carbons (Fsp3) is 0.286. The summed E-state index contributed by atoms with van der Waals surface area (Å²) >= 11 is 0. The van der Waals surface area contributed by atoms with Crippen LogP contribution < -0.4 is 10.6 Å². The second kappa shape index (κ2) is 8.64. The molecule has 0 aliphatic heterocycles. The van der Waals surface area contributed by atoms with Gasteiger partial charge in [-0.15, -0.1) is 10.2 Å². The van der Waals surface area contributed by atoms with Crippen LogP contribution in [0.5, 0.6) is 0 Å². The lowest BCUT2D eigenvalue weighted by Gasteiger charge is -2.08. The molecule has 2 aromatic heterocycles. The largest absolute Gasteiger partial charge is 0.367 e. The summed E-state index contributed by atoms with van der Waals surface area (Å²) in [5, 5.41) is 18.8. The SMILES string of the molecule is CC(=O)c1ccc(C(=O)NCCNc2ccc(-n3nc(C)c(C)c3C)nn2)cc1. The molecule has 1 amide bonds. The maximum Gasteiger partial charge on any atom is 0.251 e. The van der Waals surface area contributed by atoms with Crippen LogP contribution in [0.2, 0.25) is 0 Å². The van der Waals surface area contributed by atoms with Crippen LogP contribution in [0.15, 0.2) is 36.4 Å². The Hall–Kier alpha value is -3.55. The molecule has 3 aromatic rings. The fourth-order valence-corrected chi connectivity index (χ4v) is 2.80. The first-order valence-corrected chi connectivity index (χ1v) is 9.37. The number of ketones is 1. The number of rotatable bonds is 7. The van der Waals surface area contributed by atoms with E-state index in [0.717, 1.165) is 17.0 Å². The summed E-state index contributed by atoms with van der Waals surface area (Å²) in [5.41, 5.74) is 4.25. The summed E-state index contributed by atoms with van der Waals surface area (Å²) in [4.78, 5) is 23.4. The van der Waals surface area contributed by atoms with Crippen molar-refractivity contribution < 1.29 is 9.59 Å². The monoisotopic (exact) mass is 392 g/mol. The summed E-state index contributed by atoms with van der Waals surface area (Å²) in [6, 6.07) is 10.3. The summed E-state index contributed by atoms with van der Waals surface area (Å²) in [6.07, 6.45) is 0.